The minimum atomic E-state index is -2.94. The summed E-state index contributed by atoms with van der Waals surface area (Å²) in [5.74, 6) is -4.66. The molecule has 7 nitrogen and oxygen atoms in total. The number of aromatic nitrogens is 1. The van der Waals surface area contributed by atoms with E-state index in [9.17, 15) is 27.6 Å². The smallest absolute Gasteiger partial charge is 0.282 e. The Labute approximate surface area is 208 Å². The first-order chi connectivity index (χ1) is 17.0. The summed E-state index contributed by atoms with van der Waals surface area (Å²) in [5.41, 5.74) is 1.19. The molecule has 2 amide bonds. The fourth-order valence-corrected chi connectivity index (χ4v) is 4.97. The lowest BCUT2D eigenvalue weighted by molar-refractivity contribution is -0.131. The molecule has 2 N–H and O–H groups in total. The maximum Gasteiger partial charge on any atom is 0.282 e. The van der Waals surface area contributed by atoms with Gasteiger partial charge in [0, 0.05) is 11.6 Å². The molecule has 0 spiro atoms. The van der Waals surface area contributed by atoms with E-state index in [0.717, 1.165) is 22.1 Å². The fraction of sp³-hybridized carbons (Fsp3) is 0.320. The number of hydrogen-bond acceptors (Lipinski definition) is 4. The molecule has 2 aromatic carbocycles. The molecule has 36 heavy (non-hydrogen) atoms. The zero-order chi connectivity index (χ0) is 25.8. The van der Waals surface area contributed by atoms with Gasteiger partial charge >= 0.3 is 0 Å². The van der Waals surface area contributed by atoms with E-state index in [2.05, 4.69) is 10.3 Å². The van der Waals surface area contributed by atoms with Crippen molar-refractivity contribution in [1.82, 2.24) is 14.8 Å². The third kappa shape index (κ3) is 4.41. The molecule has 2 aliphatic heterocycles. The molecule has 0 saturated carbocycles. The van der Waals surface area contributed by atoms with E-state index in [4.69, 9.17) is 11.6 Å². The summed E-state index contributed by atoms with van der Waals surface area (Å²) in [5, 5.41) is 3.66. The number of alkyl halides is 2. The van der Waals surface area contributed by atoms with E-state index in [-0.39, 0.29) is 40.6 Å². The van der Waals surface area contributed by atoms with Crippen molar-refractivity contribution in [2.45, 2.75) is 25.3 Å². The maximum atomic E-state index is 14.7. The first-order valence-electron chi connectivity index (χ1n) is 11.4. The molecule has 3 heterocycles. The van der Waals surface area contributed by atoms with Gasteiger partial charge in [0.25, 0.3) is 17.4 Å². The molecule has 188 valence electrons. The van der Waals surface area contributed by atoms with Gasteiger partial charge in [0.1, 0.15) is 11.5 Å². The van der Waals surface area contributed by atoms with E-state index in [1.807, 2.05) is 19.1 Å². The number of H-pyrrole nitrogens is 1. The molecule has 3 aromatic rings. The minimum absolute atomic E-state index is 0.00483. The summed E-state index contributed by atoms with van der Waals surface area (Å²) < 4.78 is 41.0. The van der Waals surface area contributed by atoms with Gasteiger partial charge in [0.2, 0.25) is 5.91 Å². The number of pyridine rings is 1. The molecular formula is C25H22ClF3N4O3. The Morgan fingerprint density at radius 1 is 1.19 bits per heavy atom. The van der Waals surface area contributed by atoms with E-state index in [1.54, 1.807) is 11.0 Å². The molecule has 11 heteroatoms. The van der Waals surface area contributed by atoms with Crippen LogP contribution < -0.4 is 10.9 Å². The number of nitrogens with one attached hydrogen (secondary N) is 2. The average molecular weight is 519 g/mol. The zero-order valence-corrected chi connectivity index (χ0v) is 20.0. The summed E-state index contributed by atoms with van der Waals surface area (Å²) in [6.45, 7) is 0.770. The second kappa shape index (κ2) is 8.85. The van der Waals surface area contributed by atoms with E-state index in [1.165, 1.54) is 12.1 Å². The highest BCUT2D eigenvalue weighted by Crippen LogP contribution is 2.32. The first-order valence-corrected chi connectivity index (χ1v) is 11.8. The van der Waals surface area contributed by atoms with Crippen molar-refractivity contribution >= 4 is 39.9 Å². The number of carbonyl (C=O) groups is 2. The number of fused-ring (bicyclic) bond motifs is 2. The van der Waals surface area contributed by atoms with Crippen LogP contribution in [0.2, 0.25) is 5.02 Å². The number of benzene rings is 2. The highest BCUT2D eigenvalue weighted by Gasteiger charge is 2.46. The number of nitrogens with zero attached hydrogens (tertiary/aromatic N) is 2. The lowest BCUT2D eigenvalue weighted by Gasteiger charge is -2.38. The molecule has 1 saturated heterocycles. The van der Waals surface area contributed by atoms with Crippen LogP contribution in [0, 0.1) is 5.82 Å². The molecule has 1 fully saturated rings. The number of anilines is 1. The second-order valence-corrected chi connectivity index (χ2v) is 9.59. The van der Waals surface area contributed by atoms with Crippen molar-refractivity contribution in [3.63, 3.8) is 0 Å². The number of amides is 2. The highest BCUT2D eigenvalue weighted by atomic mass is 35.5. The van der Waals surface area contributed by atoms with Crippen molar-refractivity contribution in [3.05, 3.63) is 74.4 Å². The van der Waals surface area contributed by atoms with Gasteiger partial charge in [-0.2, -0.15) is 0 Å². The van der Waals surface area contributed by atoms with Gasteiger partial charge in [-0.15, -0.1) is 0 Å². The van der Waals surface area contributed by atoms with Crippen LogP contribution in [-0.4, -0.2) is 58.7 Å². The monoisotopic (exact) mass is 518 g/mol. The number of carbonyl (C=O) groups excluding carboxylic acids is 2. The lowest BCUT2D eigenvalue weighted by Crippen LogP contribution is -2.58. The van der Waals surface area contributed by atoms with Crippen LogP contribution in [-0.2, 0) is 11.2 Å². The third-order valence-corrected chi connectivity index (χ3v) is 6.92. The number of rotatable bonds is 4. The Hall–Kier alpha value is -3.53. The Bertz CT molecular complexity index is 1450. The van der Waals surface area contributed by atoms with Crippen molar-refractivity contribution in [3.8, 4) is 0 Å². The predicted octanol–water partition coefficient (Wildman–Crippen LogP) is 3.97. The Morgan fingerprint density at radius 2 is 1.94 bits per heavy atom. The Morgan fingerprint density at radius 3 is 2.67 bits per heavy atom. The van der Waals surface area contributed by atoms with Crippen LogP contribution in [0.15, 0.2) is 41.2 Å². The van der Waals surface area contributed by atoms with Gasteiger partial charge in [-0.3, -0.25) is 14.4 Å². The van der Waals surface area contributed by atoms with Crippen LogP contribution in [0.4, 0.5) is 18.9 Å². The van der Waals surface area contributed by atoms with Gasteiger partial charge in [0.05, 0.1) is 36.7 Å². The predicted molar refractivity (Wildman–Crippen MR) is 129 cm³/mol. The summed E-state index contributed by atoms with van der Waals surface area (Å²) in [4.78, 5) is 42.8. The summed E-state index contributed by atoms with van der Waals surface area (Å²) in [6, 6.07) is 9.05. The molecule has 1 atom stereocenters. The van der Waals surface area contributed by atoms with Gasteiger partial charge in [-0.1, -0.05) is 17.7 Å². The van der Waals surface area contributed by atoms with Crippen molar-refractivity contribution in [1.29, 1.82) is 0 Å². The Balaban J connectivity index is 1.33. The highest BCUT2D eigenvalue weighted by molar-refractivity contribution is 6.30. The SMILES string of the molecule is C[C@H]1c2ccc(Cl)cc2CCN1C(=O)CNc1cc2cc(C(=O)N3CC(F)(F)C3)[nH]c(=O)c2cc1F. The number of likely N-dealkylation sites (tertiary alicyclic amines) is 1. The van der Waals surface area contributed by atoms with Gasteiger partial charge < -0.3 is 20.1 Å². The summed E-state index contributed by atoms with van der Waals surface area (Å²) >= 11 is 6.07. The molecule has 0 aliphatic carbocycles. The van der Waals surface area contributed by atoms with Gasteiger partial charge in [0.15, 0.2) is 0 Å². The van der Waals surface area contributed by atoms with Crippen molar-refractivity contribution in [2.75, 3.05) is 31.5 Å². The van der Waals surface area contributed by atoms with Crippen LogP contribution in [0.25, 0.3) is 10.8 Å². The third-order valence-electron chi connectivity index (χ3n) is 6.69. The van der Waals surface area contributed by atoms with E-state index in [0.29, 0.717) is 18.0 Å². The van der Waals surface area contributed by atoms with Crippen LogP contribution in [0.3, 0.4) is 0 Å². The summed E-state index contributed by atoms with van der Waals surface area (Å²) in [7, 11) is 0. The van der Waals surface area contributed by atoms with Gasteiger partial charge in [-0.05, 0) is 60.2 Å². The van der Waals surface area contributed by atoms with Crippen LogP contribution >= 0.6 is 11.6 Å². The number of aromatic amines is 1. The molecule has 2 aliphatic rings. The molecular weight excluding hydrogens is 497 g/mol. The first kappa shape index (κ1) is 24.2. The topological polar surface area (TPSA) is 85.5 Å². The summed E-state index contributed by atoms with van der Waals surface area (Å²) in [6.07, 6.45) is 0.652. The normalized spacial score (nSPS) is 18.5. The van der Waals surface area contributed by atoms with E-state index >= 15 is 0 Å². The zero-order valence-electron chi connectivity index (χ0n) is 19.2. The molecule has 5 rings (SSSR count). The minimum Gasteiger partial charge on any atom is -0.374 e. The van der Waals surface area contributed by atoms with Crippen molar-refractivity contribution < 1.29 is 22.8 Å². The van der Waals surface area contributed by atoms with Crippen LogP contribution in [0.1, 0.15) is 34.6 Å². The Kier molecular flexibility index (Phi) is 5.94. The largest absolute Gasteiger partial charge is 0.374 e. The fourth-order valence-electron chi connectivity index (χ4n) is 4.78. The quantitative estimate of drug-likeness (QED) is 0.547. The molecule has 0 bridgehead atoms. The standard InChI is InChI=1S/C25H22ClF3N4O3/c1-13-17-3-2-16(26)6-14(17)4-5-33(13)22(34)10-30-20-7-15-8-21(24(36)32-11-25(28,29)12-32)31-23(35)18(15)9-19(20)27/h2-3,6-9,13,30H,4-5,10-12H2,1H3,(H,31,35)/t13-/m0/s1. The molecule has 1 aromatic heterocycles. The molecule has 0 unspecified atom stereocenters. The number of halogens is 4. The van der Waals surface area contributed by atoms with Gasteiger partial charge in [-0.25, -0.2) is 13.2 Å². The maximum absolute atomic E-state index is 14.7. The van der Waals surface area contributed by atoms with Crippen molar-refractivity contribution in [2.24, 2.45) is 0 Å². The average Bonchev–Trinajstić information content (AvgIpc) is 2.81. The van der Waals surface area contributed by atoms with Crippen LogP contribution in [0.5, 0.6) is 0 Å². The lowest BCUT2D eigenvalue weighted by atomic mass is 9.93. The number of hydrogen-bond donors (Lipinski definition) is 2. The second-order valence-electron chi connectivity index (χ2n) is 9.16. The molecule has 0 radical (unpaired) electrons. The van der Waals surface area contributed by atoms with E-state index < -0.39 is 36.3 Å².